The van der Waals surface area contributed by atoms with Crippen molar-refractivity contribution >= 4 is 11.6 Å². The van der Waals surface area contributed by atoms with Gasteiger partial charge in [-0.15, -0.1) is 12.3 Å². The molecule has 0 aliphatic carbocycles. The molecule has 4 nitrogen and oxygen atoms in total. The standard InChI is InChI=1S/C13H16N2O2/c1-3-5-6-15-13(16)10-7-11(14)9-12(8-10)17-4-2/h1,7-9H,4-6,14H2,2H3,(H,15,16). The van der Waals surface area contributed by atoms with E-state index in [0.717, 1.165) is 0 Å². The second-order valence-corrected chi connectivity index (χ2v) is 3.43. The van der Waals surface area contributed by atoms with E-state index in [2.05, 4.69) is 11.2 Å². The van der Waals surface area contributed by atoms with E-state index in [1.807, 2.05) is 6.92 Å². The summed E-state index contributed by atoms with van der Waals surface area (Å²) in [6.45, 7) is 2.85. The van der Waals surface area contributed by atoms with Gasteiger partial charge in [0, 0.05) is 30.3 Å². The predicted molar refractivity (Wildman–Crippen MR) is 67.8 cm³/mol. The molecule has 0 bridgehead atoms. The molecule has 0 spiro atoms. The van der Waals surface area contributed by atoms with Crippen molar-refractivity contribution in [3.05, 3.63) is 23.8 Å². The van der Waals surface area contributed by atoms with Gasteiger partial charge in [-0.2, -0.15) is 0 Å². The van der Waals surface area contributed by atoms with Crippen LogP contribution in [-0.2, 0) is 0 Å². The van der Waals surface area contributed by atoms with Gasteiger partial charge in [-0.25, -0.2) is 0 Å². The SMILES string of the molecule is C#CCCNC(=O)c1cc(N)cc(OCC)c1. The van der Waals surface area contributed by atoms with Crippen LogP contribution in [0, 0.1) is 12.3 Å². The Hall–Kier alpha value is -2.15. The van der Waals surface area contributed by atoms with E-state index in [1.165, 1.54) is 0 Å². The van der Waals surface area contributed by atoms with Gasteiger partial charge in [-0.3, -0.25) is 4.79 Å². The Morgan fingerprint density at radius 2 is 2.29 bits per heavy atom. The van der Waals surface area contributed by atoms with Crippen molar-refractivity contribution in [3.8, 4) is 18.1 Å². The minimum atomic E-state index is -0.200. The van der Waals surface area contributed by atoms with E-state index in [1.54, 1.807) is 18.2 Å². The number of carbonyl (C=O) groups is 1. The smallest absolute Gasteiger partial charge is 0.251 e. The molecule has 0 aromatic heterocycles. The number of carbonyl (C=O) groups excluding carboxylic acids is 1. The molecule has 0 saturated heterocycles. The summed E-state index contributed by atoms with van der Waals surface area (Å²) in [5.41, 5.74) is 6.67. The summed E-state index contributed by atoms with van der Waals surface area (Å²) >= 11 is 0. The number of nitrogens with two attached hydrogens (primary N) is 1. The average Bonchev–Trinajstić information content (AvgIpc) is 2.29. The number of rotatable bonds is 5. The lowest BCUT2D eigenvalue weighted by Gasteiger charge is -2.08. The molecule has 0 aliphatic heterocycles. The molecule has 0 atom stereocenters. The fourth-order valence-electron chi connectivity index (χ4n) is 1.35. The summed E-state index contributed by atoms with van der Waals surface area (Å²) in [5, 5.41) is 2.70. The number of nitrogen functional groups attached to an aromatic ring is 1. The fraction of sp³-hybridized carbons (Fsp3) is 0.308. The Kier molecular flexibility index (Phi) is 4.89. The van der Waals surface area contributed by atoms with Crippen LogP contribution in [0.2, 0.25) is 0 Å². The summed E-state index contributed by atoms with van der Waals surface area (Å²) in [6.07, 6.45) is 5.61. The van der Waals surface area contributed by atoms with Crippen molar-refractivity contribution < 1.29 is 9.53 Å². The molecule has 1 aromatic rings. The first kappa shape index (κ1) is 12.9. The monoisotopic (exact) mass is 232 g/mol. The molecule has 3 N–H and O–H groups in total. The number of ether oxygens (including phenoxy) is 1. The van der Waals surface area contributed by atoms with Gasteiger partial charge in [0.05, 0.1) is 6.61 Å². The Labute approximate surface area is 101 Å². The molecule has 0 aliphatic rings. The van der Waals surface area contributed by atoms with Gasteiger partial charge in [-0.05, 0) is 19.1 Å². The molecule has 4 heteroatoms. The van der Waals surface area contributed by atoms with Crippen LogP contribution in [-0.4, -0.2) is 19.1 Å². The number of amides is 1. The third-order valence-corrected chi connectivity index (χ3v) is 2.06. The van der Waals surface area contributed by atoms with Crippen LogP contribution in [0.25, 0.3) is 0 Å². The molecule has 0 saturated carbocycles. The Morgan fingerprint density at radius 3 is 2.94 bits per heavy atom. The summed E-state index contributed by atoms with van der Waals surface area (Å²) in [4.78, 5) is 11.7. The maximum atomic E-state index is 11.7. The van der Waals surface area contributed by atoms with Crippen LogP contribution in [0.4, 0.5) is 5.69 Å². The summed E-state index contributed by atoms with van der Waals surface area (Å²) in [7, 11) is 0. The van der Waals surface area contributed by atoms with Crippen molar-refractivity contribution in [1.29, 1.82) is 0 Å². The van der Waals surface area contributed by atoms with Crippen molar-refractivity contribution in [2.45, 2.75) is 13.3 Å². The highest BCUT2D eigenvalue weighted by atomic mass is 16.5. The van der Waals surface area contributed by atoms with E-state index < -0.39 is 0 Å². The van der Waals surface area contributed by atoms with Gasteiger partial charge in [0.25, 0.3) is 5.91 Å². The zero-order valence-corrected chi connectivity index (χ0v) is 9.82. The fourth-order valence-corrected chi connectivity index (χ4v) is 1.35. The van der Waals surface area contributed by atoms with Gasteiger partial charge in [0.1, 0.15) is 5.75 Å². The highest BCUT2D eigenvalue weighted by Gasteiger charge is 2.07. The number of benzene rings is 1. The normalized spacial score (nSPS) is 9.41. The van der Waals surface area contributed by atoms with E-state index >= 15 is 0 Å². The van der Waals surface area contributed by atoms with Crippen molar-refractivity contribution in [3.63, 3.8) is 0 Å². The van der Waals surface area contributed by atoms with Gasteiger partial charge >= 0.3 is 0 Å². The van der Waals surface area contributed by atoms with Gasteiger partial charge in [-0.1, -0.05) is 0 Å². The predicted octanol–water partition coefficient (Wildman–Crippen LogP) is 1.42. The third kappa shape index (κ3) is 4.07. The molecule has 0 unspecified atom stereocenters. The second kappa shape index (κ2) is 6.44. The van der Waals surface area contributed by atoms with Crippen LogP contribution >= 0.6 is 0 Å². The minimum Gasteiger partial charge on any atom is -0.494 e. The minimum absolute atomic E-state index is 0.200. The quantitative estimate of drug-likeness (QED) is 0.458. The Morgan fingerprint density at radius 1 is 1.53 bits per heavy atom. The van der Waals surface area contributed by atoms with E-state index in [-0.39, 0.29) is 5.91 Å². The van der Waals surface area contributed by atoms with Crippen LogP contribution in [0.15, 0.2) is 18.2 Å². The Balaban J connectivity index is 2.75. The molecular weight excluding hydrogens is 216 g/mol. The van der Waals surface area contributed by atoms with Crippen LogP contribution in [0.5, 0.6) is 5.75 Å². The second-order valence-electron chi connectivity index (χ2n) is 3.43. The third-order valence-electron chi connectivity index (χ3n) is 2.06. The van der Waals surface area contributed by atoms with E-state index in [0.29, 0.717) is 36.6 Å². The zero-order chi connectivity index (χ0) is 12.7. The summed E-state index contributed by atoms with van der Waals surface area (Å²) in [6, 6.07) is 4.94. The van der Waals surface area contributed by atoms with Gasteiger partial charge in [0.15, 0.2) is 0 Å². The van der Waals surface area contributed by atoms with Crippen LogP contribution in [0.3, 0.4) is 0 Å². The van der Waals surface area contributed by atoms with E-state index in [4.69, 9.17) is 16.9 Å². The highest BCUT2D eigenvalue weighted by molar-refractivity contribution is 5.95. The summed E-state index contributed by atoms with van der Waals surface area (Å²) in [5.74, 6) is 2.85. The maximum Gasteiger partial charge on any atom is 0.251 e. The lowest BCUT2D eigenvalue weighted by molar-refractivity contribution is 0.0954. The molecule has 0 fully saturated rings. The molecule has 0 radical (unpaired) electrons. The lowest BCUT2D eigenvalue weighted by Crippen LogP contribution is -2.24. The average molecular weight is 232 g/mol. The molecule has 1 rings (SSSR count). The molecule has 17 heavy (non-hydrogen) atoms. The first-order valence-electron chi connectivity index (χ1n) is 5.42. The number of terminal acetylenes is 1. The largest absolute Gasteiger partial charge is 0.494 e. The molecular formula is C13H16N2O2. The van der Waals surface area contributed by atoms with Crippen molar-refractivity contribution in [2.24, 2.45) is 0 Å². The molecule has 90 valence electrons. The molecule has 1 aromatic carbocycles. The first-order chi connectivity index (χ1) is 8.17. The molecule has 0 heterocycles. The van der Waals surface area contributed by atoms with Gasteiger partial charge in [0.2, 0.25) is 0 Å². The first-order valence-corrected chi connectivity index (χ1v) is 5.42. The molecule has 1 amide bonds. The van der Waals surface area contributed by atoms with Crippen LogP contribution < -0.4 is 15.8 Å². The number of hydrogen-bond donors (Lipinski definition) is 2. The Bertz CT molecular complexity index is 436. The van der Waals surface area contributed by atoms with Crippen molar-refractivity contribution in [1.82, 2.24) is 5.32 Å². The van der Waals surface area contributed by atoms with Gasteiger partial charge < -0.3 is 15.8 Å². The zero-order valence-electron chi connectivity index (χ0n) is 9.82. The topological polar surface area (TPSA) is 64.4 Å². The number of hydrogen-bond acceptors (Lipinski definition) is 3. The number of anilines is 1. The maximum absolute atomic E-state index is 11.7. The highest BCUT2D eigenvalue weighted by Crippen LogP contribution is 2.18. The lowest BCUT2D eigenvalue weighted by atomic mass is 10.1. The number of nitrogens with one attached hydrogen (secondary N) is 1. The van der Waals surface area contributed by atoms with Crippen molar-refractivity contribution in [2.75, 3.05) is 18.9 Å². The van der Waals surface area contributed by atoms with Crippen LogP contribution in [0.1, 0.15) is 23.7 Å². The summed E-state index contributed by atoms with van der Waals surface area (Å²) < 4.78 is 5.31. The van der Waals surface area contributed by atoms with E-state index in [9.17, 15) is 4.79 Å².